The maximum Gasteiger partial charge on any atom is 0.295 e. The van der Waals surface area contributed by atoms with Gasteiger partial charge in [0.1, 0.15) is 11.5 Å². The van der Waals surface area contributed by atoms with Crippen molar-refractivity contribution in [2.45, 2.75) is 39.2 Å². The molecule has 0 aromatic heterocycles. The standard InChI is InChI=1S/C13H18FN3O3/c1-3-5-9(4-2)16-13(18)10-6-8(14)7-11(12(10)15)17(19)20/h6-7,9H,3-5,15H2,1-2H3,(H,16,18). The van der Waals surface area contributed by atoms with Crippen LogP contribution in [-0.4, -0.2) is 16.9 Å². The van der Waals surface area contributed by atoms with Crippen LogP contribution in [-0.2, 0) is 0 Å². The molecule has 0 heterocycles. The van der Waals surface area contributed by atoms with Crippen LogP contribution in [0, 0.1) is 15.9 Å². The van der Waals surface area contributed by atoms with Crippen LogP contribution < -0.4 is 11.1 Å². The molecule has 0 saturated heterocycles. The number of benzene rings is 1. The average molecular weight is 283 g/mol. The second-order valence-electron chi connectivity index (χ2n) is 4.51. The number of hydrogen-bond donors (Lipinski definition) is 2. The normalized spacial score (nSPS) is 11.9. The Hall–Kier alpha value is -2.18. The van der Waals surface area contributed by atoms with Crippen molar-refractivity contribution in [2.75, 3.05) is 5.73 Å². The lowest BCUT2D eigenvalue weighted by molar-refractivity contribution is -0.384. The van der Waals surface area contributed by atoms with Crippen molar-refractivity contribution in [1.29, 1.82) is 0 Å². The SMILES string of the molecule is CCCC(CC)NC(=O)c1cc(F)cc([N+](=O)[O-])c1N. The number of rotatable bonds is 6. The fourth-order valence-corrected chi connectivity index (χ4v) is 1.93. The lowest BCUT2D eigenvalue weighted by Gasteiger charge is -2.16. The van der Waals surface area contributed by atoms with E-state index in [1.807, 2.05) is 13.8 Å². The highest BCUT2D eigenvalue weighted by atomic mass is 19.1. The molecule has 0 radical (unpaired) electrons. The van der Waals surface area contributed by atoms with Gasteiger partial charge in [0.05, 0.1) is 16.6 Å². The summed E-state index contributed by atoms with van der Waals surface area (Å²) in [5.41, 5.74) is 4.46. The van der Waals surface area contributed by atoms with E-state index in [1.165, 1.54) is 0 Å². The molecule has 7 heteroatoms. The lowest BCUT2D eigenvalue weighted by atomic mass is 10.1. The first-order valence-corrected chi connectivity index (χ1v) is 6.44. The van der Waals surface area contributed by atoms with Crippen LogP contribution in [0.3, 0.4) is 0 Å². The van der Waals surface area contributed by atoms with Crippen LogP contribution in [0.15, 0.2) is 12.1 Å². The van der Waals surface area contributed by atoms with Crippen LogP contribution >= 0.6 is 0 Å². The van der Waals surface area contributed by atoms with E-state index in [-0.39, 0.29) is 17.3 Å². The van der Waals surface area contributed by atoms with Gasteiger partial charge in [-0.1, -0.05) is 20.3 Å². The van der Waals surface area contributed by atoms with E-state index in [1.54, 1.807) is 0 Å². The summed E-state index contributed by atoms with van der Waals surface area (Å²) in [6.07, 6.45) is 2.38. The smallest absolute Gasteiger partial charge is 0.295 e. The largest absolute Gasteiger partial charge is 0.393 e. The monoisotopic (exact) mass is 283 g/mol. The first kappa shape index (κ1) is 15.9. The van der Waals surface area contributed by atoms with Gasteiger partial charge in [0, 0.05) is 6.04 Å². The molecule has 1 amide bonds. The van der Waals surface area contributed by atoms with Gasteiger partial charge < -0.3 is 11.1 Å². The van der Waals surface area contributed by atoms with Crippen molar-refractivity contribution in [3.8, 4) is 0 Å². The molecule has 6 nitrogen and oxygen atoms in total. The number of hydrogen-bond acceptors (Lipinski definition) is 4. The number of nitrogens with two attached hydrogens (primary N) is 1. The Kier molecular flexibility index (Phi) is 5.42. The van der Waals surface area contributed by atoms with Gasteiger partial charge in [0.15, 0.2) is 0 Å². The summed E-state index contributed by atoms with van der Waals surface area (Å²) in [4.78, 5) is 22.0. The second-order valence-corrected chi connectivity index (χ2v) is 4.51. The number of nitro benzene ring substituents is 1. The summed E-state index contributed by atoms with van der Waals surface area (Å²) in [6, 6.07) is 1.56. The van der Waals surface area contributed by atoms with Gasteiger partial charge in [-0.15, -0.1) is 0 Å². The predicted molar refractivity (Wildman–Crippen MR) is 73.9 cm³/mol. The third kappa shape index (κ3) is 3.66. The number of halogens is 1. The molecular weight excluding hydrogens is 265 g/mol. The third-order valence-corrected chi connectivity index (χ3v) is 3.03. The van der Waals surface area contributed by atoms with Gasteiger partial charge in [-0.3, -0.25) is 14.9 Å². The van der Waals surface area contributed by atoms with Crippen molar-refractivity contribution in [1.82, 2.24) is 5.32 Å². The minimum absolute atomic E-state index is 0.0609. The molecule has 0 aliphatic heterocycles. The Bertz CT molecular complexity index is 520. The molecule has 0 spiro atoms. The zero-order valence-electron chi connectivity index (χ0n) is 11.5. The van der Waals surface area contributed by atoms with Crippen LogP contribution in [0.1, 0.15) is 43.5 Å². The van der Waals surface area contributed by atoms with Gasteiger partial charge in [-0.05, 0) is 18.9 Å². The Morgan fingerprint density at radius 2 is 2.15 bits per heavy atom. The van der Waals surface area contributed by atoms with Crippen molar-refractivity contribution in [3.63, 3.8) is 0 Å². The zero-order valence-corrected chi connectivity index (χ0v) is 11.5. The van der Waals surface area contributed by atoms with Crippen LogP contribution in [0.25, 0.3) is 0 Å². The fourth-order valence-electron chi connectivity index (χ4n) is 1.93. The Morgan fingerprint density at radius 3 is 2.65 bits per heavy atom. The molecule has 1 aromatic carbocycles. The van der Waals surface area contributed by atoms with Crippen LogP contribution in [0.4, 0.5) is 15.8 Å². The molecule has 1 atom stereocenters. The van der Waals surface area contributed by atoms with Gasteiger partial charge >= 0.3 is 0 Å². The van der Waals surface area contributed by atoms with E-state index in [9.17, 15) is 19.3 Å². The summed E-state index contributed by atoms with van der Waals surface area (Å²) < 4.78 is 13.4. The summed E-state index contributed by atoms with van der Waals surface area (Å²) in [6.45, 7) is 3.90. The van der Waals surface area contributed by atoms with Gasteiger partial charge in [0.2, 0.25) is 0 Å². The predicted octanol–water partition coefficient (Wildman–Crippen LogP) is 2.62. The van der Waals surface area contributed by atoms with E-state index in [0.717, 1.165) is 25.3 Å². The van der Waals surface area contributed by atoms with E-state index >= 15 is 0 Å². The van der Waals surface area contributed by atoms with Crippen LogP contribution in [0.5, 0.6) is 0 Å². The highest BCUT2D eigenvalue weighted by Gasteiger charge is 2.22. The van der Waals surface area contributed by atoms with Crippen molar-refractivity contribution in [3.05, 3.63) is 33.6 Å². The number of carbonyl (C=O) groups excluding carboxylic acids is 1. The molecule has 1 rings (SSSR count). The molecule has 1 aromatic rings. The first-order valence-electron chi connectivity index (χ1n) is 6.44. The highest BCUT2D eigenvalue weighted by molar-refractivity contribution is 6.01. The zero-order chi connectivity index (χ0) is 15.3. The Labute approximate surface area is 116 Å². The topological polar surface area (TPSA) is 98.3 Å². The van der Waals surface area contributed by atoms with E-state index in [4.69, 9.17) is 5.73 Å². The maximum atomic E-state index is 13.4. The Balaban J connectivity index is 3.06. The van der Waals surface area contributed by atoms with E-state index < -0.39 is 22.3 Å². The van der Waals surface area contributed by atoms with Gasteiger partial charge in [0.25, 0.3) is 11.6 Å². The quantitative estimate of drug-likeness (QED) is 0.476. The van der Waals surface area contributed by atoms with Crippen molar-refractivity contribution in [2.24, 2.45) is 0 Å². The summed E-state index contributed by atoms with van der Waals surface area (Å²) in [5, 5.41) is 13.5. The van der Waals surface area contributed by atoms with Crippen LogP contribution in [0.2, 0.25) is 0 Å². The molecule has 0 saturated carbocycles. The summed E-state index contributed by atoms with van der Waals surface area (Å²) in [5.74, 6) is -1.45. The molecule has 0 aliphatic carbocycles. The van der Waals surface area contributed by atoms with Crippen molar-refractivity contribution >= 4 is 17.3 Å². The fraction of sp³-hybridized carbons (Fsp3) is 0.462. The number of anilines is 1. The molecule has 0 fully saturated rings. The molecule has 20 heavy (non-hydrogen) atoms. The molecule has 0 aliphatic rings. The molecule has 1 unspecified atom stereocenters. The van der Waals surface area contributed by atoms with Gasteiger partial charge in [-0.25, -0.2) is 4.39 Å². The number of nitrogen functional groups attached to an aromatic ring is 1. The second kappa shape index (κ2) is 6.83. The number of nitrogens with one attached hydrogen (secondary N) is 1. The first-order chi connectivity index (χ1) is 9.40. The summed E-state index contributed by atoms with van der Waals surface area (Å²) in [7, 11) is 0. The number of nitrogens with zero attached hydrogens (tertiary/aromatic N) is 1. The third-order valence-electron chi connectivity index (χ3n) is 3.03. The van der Waals surface area contributed by atoms with Crippen molar-refractivity contribution < 1.29 is 14.1 Å². The highest BCUT2D eigenvalue weighted by Crippen LogP contribution is 2.26. The molecule has 110 valence electrons. The minimum atomic E-state index is -0.861. The Morgan fingerprint density at radius 1 is 1.50 bits per heavy atom. The molecular formula is C13H18FN3O3. The van der Waals surface area contributed by atoms with E-state index in [2.05, 4.69) is 5.32 Å². The number of carbonyl (C=O) groups is 1. The number of amides is 1. The minimum Gasteiger partial charge on any atom is -0.393 e. The molecule has 3 N–H and O–H groups in total. The lowest BCUT2D eigenvalue weighted by Crippen LogP contribution is -2.34. The van der Waals surface area contributed by atoms with Gasteiger partial charge in [-0.2, -0.15) is 0 Å². The number of nitro groups is 1. The molecule has 0 bridgehead atoms. The van der Waals surface area contributed by atoms with E-state index in [0.29, 0.717) is 6.07 Å². The average Bonchev–Trinajstić information content (AvgIpc) is 2.39. The maximum absolute atomic E-state index is 13.4. The summed E-state index contributed by atoms with van der Waals surface area (Å²) >= 11 is 0.